The maximum absolute atomic E-state index is 13.2. The van der Waals surface area contributed by atoms with E-state index >= 15 is 0 Å². The van der Waals surface area contributed by atoms with Gasteiger partial charge in [-0.3, -0.25) is 4.79 Å². The van der Waals surface area contributed by atoms with Crippen molar-refractivity contribution in [1.29, 1.82) is 0 Å². The molecule has 0 aliphatic rings. The van der Waals surface area contributed by atoms with Crippen molar-refractivity contribution < 1.29 is 22.7 Å². The summed E-state index contributed by atoms with van der Waals surface area (Å²) < 4.78 is 46.5. The third-order valence-electron chi connectivity index (χ3n) is 4.60. The molecule has 0 bridgehead atoms. The van der Waals surface area contributed by atoms with E-state index in [1.807, 2.05) is 30.3 Å². The summed E-state index contributed by atoms with van der Waals surface area (Å²) in [5.41, 5.74) is 0.469. The molecular formula is C23H17F3N4O2. The molecule has 9 heteroatoms. The number of hydrogen-bond acceptors (Lipinski definition) is 4. The largest absolute Gasteiger partial charge is 0.489 e. The van der Waals surface area contributed by atoms with Crippen molar-refractivity contribution in [3.8, 4) is 11.4 Å². The number of nitrogens with zero attached hydrogens (tertiary/aromatic N) is 3. The van der Waals surface area contributed by atoms with Gasteiger partial charge in [0.1, 0.15) is 25.0 Å². The third-order valence-corrected chi connectivity index (χ3v) is 4.60. The van der Waals surface area contributed by atoms with Gasteiger partial charge < -0.3 is 10.1 Å². The Hall–Kier alpha value is -4.14. The zero-order valence-electron chi connectivity index (χ0n) is 16.6. The van der Waals surface area contributed by atoms with Gasteiger partial charge in [-0.1, -0.05) is 30.3 Å². The van der Waals surface area contributed by atoms with Gasteiger partial charge in [0.2, 0.25) is 0 Å². The van der Waals surface area contributed by atoms with E-state index in [1.54, 1.807) is 24.3 Å². The number of nitrogens with one attached hydrogen (secondary N) is 1. The van der Waals surface area contributed by atoms with Gasteiger partial charge in [0.05, 0.1) is 16.9 Å². The van der Waals surface area contributed by atoms with Crippen LogP contribution < -0.4 is 10.1 Å². The first-order valence-corrected chi connectivity index (χ1v) is 9.54. The van der Waals surface area contributed by atoms with Gasteiger partial charge in [0, 0.05) is 5.56 Å². The molecule has 0 radical (unpaired) electrons. The van der Waals surface area contributed by atoms with Gasteiger partial charge in [-0.2, -0.15) is 18.3 Å². The molecule has 1 aromatic heterocycles. The molecule has 0 aliphatic carbocycles. The third kappa shape index (κ3) is 4.94. The SMILES string of the molecule is O=C(Nc1cc(C(F)(F)F)ccc1-n1cncn1)c1ccc(COc2ccccc2)cc1. The van der Waals surface area contributed by atoms with Gasteiger partial charge in [0.15, 0.2) is 0 Å². The summed E-state index contributed by atoms with van der Waals surface area (Å²) in [5.74, 6) is 0.167. The fourth-order valence-corrected chi connectivity index (χ4v) is 2.98. The van der Waals surface area contributed by atoms with E-state index in [1.165, 1.54) is 23.4 Å². The molecule has 0 fully saturated rings. The van der Waals surface area contributed by atoms with Gasteiger partial charge in [0.25, 0.3) is 5.91 Å². The second kappa shape index (κ2) is 8.93. The van der Waals surface area contributed by atoms with Crippen LogP contribution >= 0.6 is 0 Å². The summed E-state index contributed by atoms with van der Waals surface area (Å²) in [4.78, 5) is 16.5. The molecule has 32 heavy (non-hydrogen) atoms. The van der Waals surface area contributed by atoms with Crippen LogP contribution in [-0.2, 0) is 12.8 Å². The van der Waals surface area contributed by atoms with E-state index < -0.39 is 17.6 Å². The second-order valence-electron chi connectivity index (χ2n) is 6.82. The monoisotopic (exact) mass is 438 g/mol. The summed E-state index contributed by atoms with van der Waals surface area (Å²) in [6, 6.07) is 18.9. The lowest BCUT2D eigenvalue weighted by Crippen LogP contribution is -2.15. The molecule has 0 atom stereocenters. The van der Waals surface area contributed by atoms with Gasteiger partial charge in [-0.05, 0) is 48.0 Å². The number of para-hydroxylation sites is 1. The molecule has 3 aromatic carbocycles. The molecular weight excluding hydrogens is 421 g/mol. The smallest absolute Gasteiger partial charge is 0.416 e. The molecule has 6 nitrogen and oxygen atoms in total. The van der Waals surface area contributed by atoms with Crippen molar-refractivity contribution in [2.75, 3.05) is 5.32 Å². The number of anilines is 1. The van der Waals surface area contributed by atoms with Crippen molar-refractivity contribution in [2.45, 2.75) is 12.8 Å². The minimum atomic E-state index is -4.55. The van der Waals surface area contributed by atoms with Crippen molar-refractivity contribution in [3.05, 3.63) is 102 Å². The van der Waals surface area contributed by atoms with Crippen LogP contribution in [0.1, 0.15) is 21.5 Å². The molecule has 1 amide bonds. The number of rotatable bonds is 6. The number of benzene rings is 3. The van der Waals surface area contributed by atoms with Crippen LogP contribution in [0.25, 0.3) is 5.69 Å². The van der Waals surface area contributed by atoms with Crippen molar-refractivity contribution in [2.24, 2.45) is 0 Å². The maximum atomic E-state index is 13.2. The molecule has 4 rings (SSSR count). The number of aromatic nitrogens is 3. The molecule has 0 aliphatic heterocycles. The fourth-order valence-electron chi connectivity index (χ4n) is 2.98. The Kier molecular flexibility index (Phi) is 5.89. The lowest BCUT2D eigenvalue weighted by Gasteiger charge is -2.14. The molecule has 0 unspecified atom stereocenters. The lowest BCUT2D eigenvalue weighted by molar-refractivity contribution is -0.137. The summed E-state index contributed by atoms with van der Waals surface area (Å²) >= 11 is 0. The van der Waals surface area contributed by atoms with E-state index in [-0.39, 0.29) is 16.9 Å². The quantitative estimate of drug-likeness (QED) is 0.454. The molecule has 1 heterocycles. The molecule has 0 saturated carbocycles. The predicted molar refractivity (Wildman–Crippen MR) is 112 cm³/mol. The number of alkyl halides is 3. The number of carbonyl (C=O) groups excluding carboxylic acids is 1. The Morgan fingerprint density at radius 2 is 1.75 bits per heavy atom. The summed E-state index contributed by atoms with van der Waals surface area (Å²) in [6.45, 7) is 0.315. The predicted octanol–water partition coefficient (Wildman–Crippen LogP) is 5.12. The first kappa shape index (κ1) is 21.1. The highest BCUT2D eigenvalue weighted by atomic mass is 19.4. The first-order valence-electron chi connectivity index (χ1n) is 9.54. The van der Waals surface area contributed by atoms with Crippen LogP contribution in [0.3, 0.4) is 0 Å². The summed E-state index contributed by atoms with van der Waals surface area (Å²) in [7, 11) is 0. The number of carbonyl (C=O) groups is 1. The average Bonchev–Trinajstić information content (AvgIpc) is 3.33. The number of amides is 1. The van der Waals surface area contributed by atoms with Gasteiger partial charge >= 0.3 is 6.18 Å². The maximum Gasteiger partial charge on any atom is 0.416 e. The second-order valence-corrected chi connectivity index (χ2v) is 6.82. The number of ether oxygens (including phenoxy) is 1. The van der Waals surface area contributed by atoms with E-state index in [4.69, 9.17) is 4.74 Å². The van der Waals surface area contributed by atoms with Crippen LogP contribution in [0.2, 0.25) is 0 Å². The van der Waals surface area contributed by atoms with Crippen LogP contribution in [0.15, 0.2) is 85.5 Å². The lowest BCUT2D eigenvalue weighted by atomic mass is 10.1. The van der Waals surface area contributed by atoms with Gasteiger partial charge in [-0.25, -0.2) is 9.67 Å². The standard InChI is InChI=1S/C23H17F3N4O2/c24-23(25,26)18-10-11-21(30-15-27-14-28-30)20(12-18)29-22(31)17-8-6-16(7-9-17)13-32-19-4-2-1-3-5-19/h1-12,14-15H,13H2,(H,29,31). The molecule has 162 valence electrons. The molecule has 0 saturated heterocycles. The average molecular weight is 438 g/mol. The number of hydrogen-bond donors (Lipinski definition) is 1. The topological polar surface area (TPSA) is 69.0 Å². The Morgan fingerprint density at radius 1 is 1.00 bits per heavy atom. The zero-order valence-corrected chi connectivity index (χ0v) is 16.6. The highest BCUT2D eigenvalue weighted by Crippen LogP contribution is 2.33. The van der Waals surface area contributed by atoms with E-state index in [0.29, 0.717) is 6.61 Å². The Balaban J connectivity index is 1.51. The summed E-state index contributed by atoms with van der Waals surface area (Å²) in [6.07, 6.45) is -1.97. The van der Waals surface area contributed by atoms with Crippen LogP contribution in [0.4, 0.5) is 18.9 Å². The van der Waals surface area contributed by atoms with Crippen molar-refractivity contribution >= 4 is 11.6 Å². The van der Waals surface area contributed by atoms with Crippen molar-refractivity contribution in [1.82, 2.24) is 14.8 Å². The molecule has 0 spiro atoms. The van der Waals surface area contributed by atoms with Crippen LogP contribution in [0, 0.1) is 0 Å². The normalized spacial score (nSPS) is 11.2. The highest BCUT2D eigenvalue weighted by Gasteiger charge is 2.31. The summed E-state index contributed by atoms with van der Waals surface area (Å²) in [5, 5.41) is 6.48. The van der Waals surface area contributed by atoms with Gasteiger partial charge in [-0.15, -0.1) is 0 Å². The Morgan fingerprint density at radius 3 is 2.41 bits per heavy atom. The highest BCUT2D eigenvalue weighted by molar-refractivity contribution is 6.05. The number of halogens is 3. The molecule has 1 N–H and O–H groups in total. The van der Waals surface area contributed by atoms with Crippen LogP contribution in [-0.4, -0.2) is 20.7 Å². The van der Waals surface area contributed by atoms with Crippen LogP contribution in [0.5, 0.6) is 5.75 Å². The Labute approximate surface area is 181 Å². The van der Waals surface area contributed by atoms with E-state index in [2.05, 4.69) is 15.4 Å². The fraction of sp³-hybridized carbons (Fsp3) is 0.0870. The van der Waals surface area contributed by atoms with E-state index in [9.17, 15) is 18.0 Å². The minimum absolute atomic E-state index is 0.0354. The zero-order chi connectivity index (χ0) is 22.6. The van der Waals surface area contributed by atoms with Crippen molar-refractivity contribution in [3.63, 3.8) is 0 Å². The first-order chi connectivity index (χ1) is 15.4. The van der Waals surface area contributed by atoms with E-state index in [0.717, 1.165) is 23.4 Å². The molecule has 4 aromatic rings. The minimum Gasteiger partial charge on any atom is -0.489 e. The Bertz CT molecular complexity index is 1190.